The summed E-state index contributed by atoms with van der Waals surface area (Å²) in [4.78, 5) is 24.3. The van der Waals surface area contributed by atoms with Crippen molar-refractivity contribution in [3.63, 3.8) is 0 Å². The van der Waals surface area contributed by atoms with Crippen LogP contribution in [-0.4, -0.2) is 18.4 Å². The Hall–Kier alpha value is -2.62. The Morgan fingerprint density at radius 2 is 1.62 bits per heavy atom. The second-order valence-electron chi connectivity index (χ2n) is 7.39. The lowest BCUT2D eigenvalue weighted by molar-refractivity contribution is -0.116. The van der Waals surface area contributed by atoms with Crippen molar-refractivity contribution < 1.29 is 9.59 Å². The van der Waals surface area contributed by atoms with E-state index in [-0.39, 0.29) is 23.7 Å². The molecule has 0 aliphatic heterocycles. The smallest absolute Gasteiger partial charge is 0.251 e. The van der Waals surface area contributed by atoms with Crippen LogP contribution in [-0.2, 0) is 16.6 Å². The second-order valence-corrected chi connectivity index (χ2v) is 7.39. The molecule has 4 heteroatoms. The quantitative estimate of drug-likeness (QED) is 0.814. The largest absolute Gasteiger partial charge is 0.352 e. The predicted octanol–water partition coefficient (Wildman–Crippen LogP) is 4.31. The Morgan fingerprint density at radius 1 is 0.962 bits per heavy atom. The van der Waals surface area contributed by atoms with Gasteiger partial charge in [-0.05, 0) is 41.2 Å². The molecule has 0 spiro atoms. The Kier molecular flexibility index (Phi) is 6.56. The predicted molar refractivity (Wildman–Crippen MR) is 107 cm³/mol. The summed E-state index contributed by atoms with van der Waals surface area (Å²) in [6, 6.07) is 15.4. The molecule has 4 nitrogen and oxygen atoms in total. The monoisotopic (exact) mass is 352 g/mol. The maximum atomic E-state index is 12.2. The van der Waals surface area contributed by atoms with Crippen LogP contribution in [0, 0.1) is 0 Å². The van der Waals surface area contributed by atoms with Crippen LogP contribution in [0.3, 0.4) is 0 Å². The van der Waals surface area contributed by atoms with Crippen molar-refractivity contribution in [2.75, 3.05) is 11.9 Å². The first kappa shape index (κ1) is 19.7. The molecule has 0 atom stereocenters. The van der Waals surface area contributed by atoms with Crippen LogP contribution in [0.25, 0.3) is 0 Å². The number of hydrogen-bond donors (Lipinski definition) is 2. The number of nitrogens with one attached hydrogen (secondary N) is 2. The lowest BCUT2D eigenvalue weighted by atomic mass is 9.87. The first-order valence-corrected chi connectivity index (χ1v) is 9.07. The van der Waals surface area contributed by atoms with Crippen LogP contribution >= 0.6 is 0 Å². The molecule has 0 saturated carbocycles. The molecular weight excluding hydrogens is 324 g/mol. The van der Waals surface area contributed by atoms with E-state index >= 15 is 0 Å². The molecule has 2 N–H and O–H groups in total. The minimum absolute atomic E-state index is 0.0574. The molecule has 2 amide bonds. The van der Waals surface area contributed by atoms with E-state index in [0.29, 0.717) is 12.1 Å². The average Bonchev–Trinajstić information content (AvgIpc) is 2.61. The van der Waals surface area contributed by atoms with Crippen LogP contribution in [0.4, 0.5) is 5.69 Å². The average molecular weight is 352 g/mol. The van der Waals surface area contributed by atoms with E-state index in [9.17, 15) is 9.59 Å². The molecule has 0 heterocycles. The number of carbonyl (C=O) groups is 2. The summed E-state index contributed by atoms with van der Waals surface area (Å²) in [7, 11) is 0. The summed E-state index contributed by atoms with van der Waals surface area (Å²) >= 11 is 0. The summed E-state index contributed by atoms with van der Waals surface area (Å²) in [6.07, 6.45) is 1.10. The van der Waals surface area contributed by atoms with Gasteiger partial charge in [-0.2, -0.15) is 0 Å². The number of amides is 2. The Bertz CT molecular complexity index is 758. The highest BCUT2D eigenvalue weighted by atomic mass is 16.2. The number of benzene rings is 2. The van der Waals surface area contributed by atoms with Crippen LogP contribution in [0.5, 0.6) is 0 Å². The lowest BCUT2D eigenvalue weighted by Crippen LogP contribution is -2.27. The molecule has 0 saturated heterocycles. The number of carbonyl (C=O) groups excluding carboxylic acids is 2. The van der Waals surface area contributed by atoms with E-state index in [2.05, 4.69) is 38.3 Å². The zero-order valence-electron chi connectivity index (χ0n) is 16.1. The first-order chi connectivity index (χ1) is 12.3. The van der Waals surface area contributed by atoms with Crippen molar-refractivity contribution in [1.82, 2.24) is 5.32 Å². The van der Waals surface area contributed by atoms with Crippen LogP contribution in [0.2, 0.25) is 0 Å². The standard InChI is InChI=1S/C22H28N2O2/c1-5-16-8-6-7-9-19(16)24-20(25)14-15-23-21(26)17-10-12-18(13-11-17)22(2,3)4/h6-13H,5,14-15H2,1-4H3,(H,23,26)(H,24,25). The van der Waals surface area contributed by atoms with E-state index in [1.54, 1.807) is 0 Å². The second kappa shape index (κ2) is 8.65. The van der Waals surface area contributed by atoms with Crippen molar-refractivity contribution in [3.8, 4) is 0 Å². The molecule has 2 rings (SSSR count). The van der Waals surface area contributed by atoms with Gasteiger partial charge in [0, 0.05) is 24.2 Å². The van der Waals surface area contributed by atoms with Gasteiger partial charge < -0.3 is 10.6 Å². The number of hydrogen-bond acceptors (Lipinski definition) is 2. The highest BCUT2D eigenvalue weighted by Crippen LogP contribution is 2.22. The van der Waals surface area contributed by atoms with Gasteiger partial charge in [0.2, 0.25) is 5.91 Å². The Labute approximate surface area is 156 Å². The first-order valence-electron chi connectivity index (χ1n) is 9.07. The van der Waals surface area contributed by atoms with Crippen molar-refractivity contribution in [2.45, 2.75) is 46.0 Å². The van der Waals surface area contributed by atoms with Crippen LogP contribution < -0.4 is 10.6 Å². The number of aryl methyl sites for hydroxylation is 1. The minimum Gasteiger partial charge on any atom is -0.352 e. The molecule has 0 aliphatic carbocycles. The molecule has 2 aromatic carbocycles. The molecule has 2 aromatic rings. The van der Waals surface area contributed by atoms with Crippen LogP contribution in [0.15, 0.2) is 48.5 Å². The normalized spacial score (nSPS) is 11.1. The molecule has 0 bridgehead atoms. The van der Waals surface area contributed by atoms with Gasteiger partial charge in [0.15, 0.2) is 0 Å². The minimum atomic E-state index is -0.160. The maximum Gasteiger partial charge on any atom is 0.251 e. The topological polar surface area (TPSA) is 58.2 Å². The zero-order valence-corrected chi connectivity index (χ0v) is 16.1. The van der Waals surface area contributed by atoms with Gasteiger partial charge >= 0.3 is 0 Å². The molecule has 0 aliphatic rings. The molecule has 0 aromatic heterocycles. The third-order valence-electron chi connectivity index (χ3n) is 4.32. The third-order valence-corrected chi connectivity index (χ3v) is 4.32. The van der Waals surface area contributed by atoms with Gasteiger partial charge in [0.1, 0.15) is 0 Å². The zero-order chi connectivity index (χ0) is 19.2. The maximum absolute atomic E-state index is 12.2. The third kappa shape index (κ3) is 5.45. The highest BCUT2D eigenvalue weighted by Gasteiger charge is 2.14. The van der Waals surface area contributed by atoms with E-state index in [4.69, 9.17) is 0 Å². The molecule has 0 unspecified atom stereocenters. The summed E-state index contributed by atoms with van der Waals surface area (Å²) in [5.41, 5.74) is 3.78. The van der Waals surface area contributed by atoms with Gasteiger partial charge in [-0.1, -0.05) is 58.0 Å². The Morgan fingerprint density at radius 3 is 2.23 bits per heavy atom. The fourth-order valence-corrected chi connectivity index (χ4v) is 2.68. The fourth-order valence-electron chi connectivity index (χ4n) is 2.68. The van der Waals surface area contributed by atoms with Crippen molar-refractivity contribution in [3.05, 3.63) is 65.2 Å². The summed E-state index contributed by atoms with van der Waals surface area (Å²) in [5.74, 6) is -0.263. The van der Waals surface area contributed by atoms with E-state index in [0.717, 1.165) is 17.7 Å². The molecule has 26 heavy (non-hydrogen) atoms. The van der Waals surface area contributed by atoms with Gasteiger partial charge in [0.25, 0.3) is 5.91 Å². The van der Waals surface area contributed by atoms with Gasteiger partial charge in [-0.3, -0.25) is 9.59 Å². The van der Waals surface area contributed by atoms with E-state index in [1.165, 1.54) is 5.56 Å². The van der Waals surface area contributed by atoms with Gasteiger partial charge in [-0.25, -0.2) is 0 Å². The van der Waals surface area contributed by atoms with Gasteiger partial charge in [0.05, 0.1) is 0 Å². The number of rotatable bonds is 6. The van der Waals surface area contributed by atoms with Crippen molar-refractivity contribution in [1.29, 1.82) is 0 Å². The SMILES string of the molecule is CCc1ccccc1NC(=O)CCNC(=O)c1ccc(C(C)(C)C)cc1. The summed E-state index contributed by atoms with van der Waals surface area (Å²) < 4.78 is 0. The molecule has 138 valence electrons. The highest BCUT2D eigenvalue weighted by molar-refractivity contribution is 5.95. The summed E-state index contributed by atoms with van der Waals surface area (Å²) in [5, 5.41) is 5.71. The van der Waals surface area contributed by atoms with Crippen LogP contribution in [0.1, 0.15) is 55.6 Å². The number of para-hydroxylation sites is 1. The molecule has 0 radical (unpaired) electrons. The lowest BCUT2D eigenvalue weighted by Gasteiger charge is -2.19. The molecular formula is C22H28N2O2. The Balaban J connectivity index is 1.83. The van der Waals surface area contributed by atoms with E-state index in [1.807, 2.05) is 48.5 Å². The number of anilines is 1. The van der Waals surface area contributed by atoms with Crippen molar-refractivity contribution in [2.24, 2.45) is 0 Å². The molecule has 0 fully saturated rings. The summed E-state index contributed by atoms with van der Waals surface area (Å²) in [6.45, 7) is 8.77. The van der Waals surface area contributed by atoms with Gasteiger partial charge in [-0.15, -0.1) is 0 Å². The van der Waals surface area contributed by atoms with Crippen molar-refractivity contribution >= 4 is 17.5 Å². The van der Waals surface area contributed by atoms with E-state index < -0.39 is 0 Å². The fraction of sp³-hybridized carbons (Fsp3) is 0.364.